The molecular formula is C18H18FN3O3S2. The van der Waals surface area contributed by atoms with Crippen LogP contribution in [0.2, 0.25) is 0 Å². The average molecular weight is 407 g/mol. The summed E-state index contributed by atoms with van der Waals surface area (Å²) in [6.45, 7) is 3.67. The number of amides is 2. The predicted molar refractivity (Wildman–Crippen MR) is 106 cm³/mol. The van der Waals surface area contributed by atoms with Crippen molar-refractivity contribution in [2.24, 2.45) is 5.92 Å². The molecule has 0 unspecified atom stereocenters. The van der Waals surface area contributed by atoms with Gasteiger partial charge in [0.1, 0.15) is 5.82 Å². The van der Waals surface area contributed by atoms with E-state index in [1.165, 1.54) is 18.2 Å². The van der Waals surface area contributed by atoms with Gasteiger partial charge < -0.3 is 10.6 Å². The van der Waals surface area contributed by atoms with E-state index in [4.69, 9.17) is 0 Å². The molecule has 0 fully saturated rings. The topological polar surface area (TPSA) is 88.2 Å². The molecule has 0 saturated heterocycles. The molecule has 0 saturated carbocycles. The number of para-hydroxylation sites is 1. The van der Waals surface area contributed by atoms with Gasteiger partial charge in [-0.05, 0) is 36.2 Å². The Kier molecular flexibility index (Phi) is 5.43. The zero-order chi connectivity index (χ0) is 19.6. The van der Waals surface area contributed by atoms with Crippen molar-refractivity contribution >= 4 is 48.8 Å². The van der Waals surface area contributed by atoms with Crippen LogP contribution in [-0.4, -0.2) is 25.2 Å². The van der Waals surface area contributed by atoms with Gasteiger partial charge in [-0.1, -0.05) is 26.0 Å². The van der Waals surface area contributed by atoms with Crippen LogP contribution in [0.5, 0.6) is 0 Å². The van der Waals surface area contributed by atoms with E-state index < -0.39 is 21.7 Å². The van der Waals surface area contributed by atoms with Crippen LogP contribution in [0.3, 0.4) is 0 Å². The highest BCUT2D eigenvalue weighted by molar-refractivity contribution is 7.93. The lowest BCUT2D eigenvalue weighted by Crippen LogP contribution is -2.19. The van der Waals surface area contributed by atoms with Crippen molar-refractivity contribution in [3.8, 4) is 0 Å². The Labute approximate surface area is 160 Å². The van der Waals surface area contributed by atoms with E-state index in [1.54, 1.807) is 24.3 Å². The number of benzene rings is 2. The quantitative estimate of drug-likeness (QED) is 0.651. The zero-order valence-corrected chi connectivity index (χ0v) is 16.3. The number of urea groups is 1. The zero-order valence-electron chi connectivity index (χ0n) is 14.7. The van der Waals surface area contributed by atoms with Crippen LogP contribution in [0.1, 0.15) is 13.8 Å². The number of carbonyl (C=O) groups is 1. The molecule has 0 bridgehead atoms. The van der Waals surface area contributed by atoms with E-state index in [0.717, 1.165) is 11.3 Å². The Morgan fingerprint density at radius 2 is 1.93 bits per heavy atom. The number of nitrogens with zero attached hydrogens (tertiary/aromatic N) is 1. The molecule has 2 amide bonds. The maximum absolute atomic E-state index is 13.6. The van der Waals surface area contributed by atoms with Crippen LogP contribution < -0.4 is 10.6 Å². The lowest BCUT2D eigenvalue weighted by Gasteiger charge is -2.08. The second-order valence-electron chi connectivity index (χ2n) is 6.40. The number of carbonyl (C=O) groups excluding carboxylic acids is 1. The number of fused-ring (bicyclic) bond motifs is 1. The molecule has 0 aliphatic rings. The number of hydrogen-bond donors (Lipinski definition) is 2. The summed E-state index contributed by atoms with van der Waals surface area (Å²) >= 11 is 1.06. The fraction of sp³-hybridized carbons (Fsp3) is 0.222. The SMILES string of the molecule is CC(C)CS(=O)(=O)c1nc2ccc(NC(=O)Nc3ccccc3F)cc2s1. The van der Waals surface area contributed by atoms with Crippen molar-refractivity contribution in [3.05, 3.63) is 48.3 Å². The molecule has 3 aromatic rings. The molecular weight excluding hydrogens is 389 g/mol. The van der Waals surface area contributed by atoms with Gasteiger partial charge in [-0.2, -0.15) is 0 Å². The van der Waals surface area contributed by atoms with E-state index in [2.05, 4.69) is 15.6 Å². The first kappa shape index (κ1) is 19.2. The van der Waals surface area contributed by atoms with Gasteiger partial charge in [0.05, 0.1) is 21.7 Å². The molecule has 9 heteroatoms. The highest BCUT2D eigenvalue weighted by atomic mass is 32.2. The van der Waals surface area contributed by atoms with Crippen molar-refractivity contribution in [1.29, 1.82) is 0 Å². The summed E-state index contributed by atoms with van der Waals surface area (Å²) in [5.41, 5.74) is 1.06. The highest BCUT2D eigenvalue weighted by Crippen LogP contribution is 2.29. The Hall–Kier alpha value is -2.52. The van der Waals surface area contributed by atoms with Crippen molar-refractivity contribution in [3.63, 3.8) is 0 Å². The third kappa shape index (κ3) is 4.61. The Bertz CT molecular complexity index is 1090. The summed E-state index contributed by atoms with van der Waals surface area (Å²) < 4.78 is 39.0. The summed E-state index contributed by atoms with van der Waals surface area (Å²) in [5, 5.41) is 5.03. The lowest BCUT2D eigenvalue weighted by atomic mass is 10.3. The van der Waals surface area contributed by atoms with Crippen LogP contribution in [0.25, 0.3) is 10.2 Å². The minimum atomic E-state index is -3.44. The smallest absolute Gasteiger partial charge is 0.308 e. The van der Waals surface area contributed by atoms with Gasteiger partial charge in [-0.15, -0.1) is 11.3 Å². The molecule has 27 heavy (non-hydrogen) atoms. The number of rotatable bonds is 5. The minimum Gasteiger partial charge on any atom is -0.308 e. The molecule has 1 aromatic heterocycles. The standard InChI is InChI=1S/C18H18FN3O3S2/c1-11(2)10-27(24,25)18-22-15-8-7-12(9-16(15)26-18)20-17(23)21-14-6-4-3-5-13(14)19/h3-9,11H,10H2,1-2H3,(H2,20,21,23). The maximum atomic E-state index is 13.6. The number of sulfone groups is 1. The summed E-state index contributed by atoms with van der Waals surface area (Å²) in [6, 6.07) is 10.1. The van der Waals surface area contributed by atoms with Gasteiger partial charge in [-0.25, -0.2) is 22.6 Å². The fourth-order valence-electron chi connectivity index (χ4n) is 2.47. The largest absolute Gasteiger partial charge is 0.323 e. The van der Waals surface area contributed by atoms with Gasteiger partial charge in [0, 0.05) is 5.69 Å². The first-order valence-electron chi connectivity index (χ1n) is 8.20. The molecule has 142 valence electrons. The molecule has 2 aromatic carbocycles. The molecule has 3 rings (SSSR count). The normalized spacial score (nSPS) is 11.7. The monoisotopic (exact) mass is 407 g/mol. The second-order valence-corrected chi connectivity index (χ2v) is 9.64. The number of thiazole rings is 1. The molecule has 0 aliphatic carbocycles. The summed E-state index contributed by atoms with van der Waals surface area (Å²) in [6.07, 6.45) is 0. The van der Waals surface area contributed by atoms with E-state index in [9.17, 15) is 17.6 Å². The van der Waals surface area contributed by atoms with Gasteiger partial charge in [-0.3, -0.25) is 0 Å². The van der Waals surface area contributed by atoms with Gasteiger partial charge in [0.15, 0.2) is 0 Å². The Balaban J connectivity index is 1.78. The number of halogens is 1. The molecule has 0 spiro atoms. The minimum absolute atomic E-state index is 0.00122. The number of hydrogen-bond acceptors (Lipinski definition) is 5. The molecule has 0 radical (unpaired) electrons. The van der Waals surface area contributed by atoms with Crippen molar-refractivity contribution in [2.45, 2.75) is 18.2 Å². The van der Waals surface area contributed by atoms with Gasteiger partial charge in [0.25, 0.3) is 0 Å². The second kappa shape index (κ2) is 7.61. The molecule has 0 aliphatic heterocycles. The number of aromatic nitrogens is 1. The van der Waals surface area contributed by atoms with Crippen LogP contribution in [0, 0.1) is 11.7 Å². The van der Waals surface area contributed by atoms with E-state index in [-0.39, 0.29) is 21.7 Å². The van der Waals surface area contributed by atoms with Gasteiger partial charge in [0.2, 0.25) is 14.2 Å². The third-order valence-electron chi connectivity index (χ3n) is 3.57. The highest BCUT2D eigenvalue weighted by Gasteiger charge is 2.21. The van der Waals surface area contributed by atoms with Crippen molar-refractivity contribution < 1.29 is 17.6 Å². The first-order valence-corrected chi connectivity index (χ1v) is 10.7. The van der Waals surface area contributed by atoms with Crippen LogP contribution in [0.4, 0.5) is 20.6 Å². The van der Waals surface area contributed by atoms with Crippen molar-refractivity contribution in [2.75, 3.05) is 16.4 Å². The van der Waals surface area contributed by atoms with E-state index in [1.807, 2.05) is 13.8 Å². The van der Waals surface area contributed by atoms with E-state index >= 15 is 0 Å². The predicted octanol–water partition coefficient (Wildman–Crippen LogP) is 4.51. The summed E-state index contributed by atoms with van der Waals surface area (Å²) in [5.74, 6) is -0.505. The Morgan fingerprint density at radius 3 is 2.63 bits per heavy atom. The summed E-state index contributed by atoms with van der Waals surface area (Å²) in [7, 11) is -3.44. The maximum Gasteiger partial charge on any atom is 0.323 e. The van der Waals surface area contributed by atoms with Crippen molar-refractivity contribution in [1.82, 2.24) is 4.98 Å². The average Bonchev–Trinajstić information content (AvgIpc) is 3.00. The van der Waals surface area contributed by atoms with Crippen LogP contribution in [0.15, 0.2) is 46.8 Å². The molecule has 1 heterocycles. The first-order chi connectivity index (χ1) is 12.7. The fourth-order valence-corrected chi connectivity index (χ4v) is 5.45. The Morgan fingerprint density at radius 1 is 1.19 bits per heavy atom. The van der Waals surface area contributed by atoms with Gasteiger partial charge >= 0.3 is 6.03 Å². The molecule has 6 nitrogen and oxygen atoms in total. The lowest BCUT2D eigenvalue weighted by molar-refractivity contribution is 0.262. The summed E-state index contributed by atoms with van der Waals surface area (Å²) in [4.78, 5) is 16.2. The van der Waals surface area contributed by atoms with Crippen LogP contribution >= 0.6 is 11.3 Å². The van der Waals surface area contributed by atoms with Crippen LogP contribution in [-0.2, 0) is 9.84 Å². The van der Waals surface area contributed by atoms with E-state index in [0.29, 0.717) is 15.9 Å². The number of nitrogens with one attached hydrogen (secondary N) is 2. The molecule has 2 N–H and O–H groups in total. The number of anilines is 2. The third-order valence-corrected chi connectivity index (χ3v) is 7.12. The molecule has 0 atom stereocenters.